The molecular weight excluding hydrogens is 349 g/mol. The van der Waals surface area contributed by atoms with Crippen molar-refractivity contribution in [2.24, 2.45) is 0 Å². The van der Waals surface area contributed by atoms with Crippen LogP contribution < -0.4 is 0 Å². The summed E-state index contributed by atoms with van der Waals surface area (Å²) in [5.74, 6) is 0.327. The highest BCUT2D eigenvalue weighted by Crippen LogP contribution is 2.27. The minimum absolute atomic E-state index is 0.0398. The normalized spacial score (nSPS) is 17.8. The molecule has 1 heterocycles. The van der Waals surface area contributed by atoms with Gasteiger partial charge in [0, 0.05) is 30.2 Å². The van der Waals surface area contributed by atoms with Crippen molar-refractivity contribution in [1.82, 2.24) is 0 Å². The van der Waals surface area contributed by atoms with E-state index in [1.54, 1.807) is 0 Å². The SMILES string of the molecule is C[N+]1([BH2-][C@@H](C(=O)c2ccccc2)c2cccc(Br)c2)CCCC1. The smallest absolute Gasteiger partial charge is 0.197 e. The van der Waals surface area contributed by atoms with E-state index in [9.17, 15) is 4.79 Å². The molecular formula is C19H23BBrNO. The van der Waals surface area contributed by atoms with Gasteiger partial charge in [-0.25, -0.2) is 0 Å². The van der Waals surface area contributed by atoms with E-state index in [2.05, 4.69) is 35.1 Å². The Kier molecular flexibility index (Phi) is 5.03. The van der Waals surface area contributed by atoms with Crippen LogP contribution in [0.3, 0.4) is 0 Å². The molecule has 2 nitrogen and oxygen atoms in total. The lowest BCUT2D eigenvalue weighted by atomic mass is 9.64. The molecule has 0 aliphatic carbocycles. The summed E-state index contributed by atoms with van der Waals surface area (Å²) in [6, 6.07) is 18.1. The highest BCUT2D eigenvalue weighted by molar-refractivity contribution is 9.10. The topological polar surface area (TPSA) is 17.1 Å². The van der Waals surface area contributed by atoms with Crippen LogP contribution in [0.25, 0.3) is 0 Å². The largest absolute Gasteiger partial charge is 0.522 e. The zero-order valence-electron chi connectivity index (χ0n) is 13.8. The Bertz CT molecular complexity index is 683. The van der Waals surface area contributed by atoms with Crippen molar-refractivity contribution < 1.29 is 9.19 Å². The molecule has 2 aromatic carbocycles. The summed E-state index contributed by atoms with van der Waals surface area (Å²) in [6.07, 6.45) is 2.59. The summed E-state index contributed by atoms with van der Waals surface area (Å²) in [6.45, 7) is 2.46. The Morgan fingerprint density at radius 1 is 1.09 bits per heavy atom. The van der Waals surface area contributed by atoms with E-state index in [-0.39, 0.29) is 11.6 Å². The zero-order chi connectivity index (χ0) is 16.3. The van der Waals surface area contributed by atoms with Crippen molar-refractivity contribution in [1.29, 1.82) is 0 Å². The van der Waals surface area contributed by atoms with Crippen LogP contribution >= 0.6 is 15.9 Å². The molecule has 0 N–H and O–H groups in total. The third-order valence-corrected chi connectivity index (χ3v) is 5.95. The first-order chi connectivity index (χ1) is 11.1. The minimum atomic E-state index is -0.482. The number of ketones is 1. The van der Waals surface area contributed by atoms with Crippen molar-refractivity contribution in [2.75, 3.05) is 20.1 Å². The predicted molar refractivity (Wildman–Crippen MR) is 101 cm³/mol. The number of hydrogen-bond acceptors (Lipinski definition) is 1. The molecule has 1 fully saturated rings. The number of quaternary nitrogens is 1. The monoisotopic (exact) mass is 371 g/mol. The molecule has 0 spiro atoms. The maximum Gasteiger partial charge on any atom is 0.197 e. The van der Waals surface area contributed by atoms with Gasteiger partial charge in [0.25, 0.3) is 0 Å². The Balaban J connectivity index is 1.94. The average Bonchev–Trinajstić information content (AvgIpc) is 3.00. The fourth-order valence-corrected chi connectivity index (χ4v) is 4.54. The van der Waals surface area contributed by atoms with Crippen LogP contribution in [-0.4, -0.2) is 37.7 Å². The Morgan fingerprint density at radius 3 is 2.43 bits per heavy atom. The molecule has 1 aliphatic heterocycles. The van der Waals surface area contributed by atoms with E-state index in [1.165, 1.54) is 31.5 Å². The molecule has 0 amide bonds. The molecule has 0 aromatic heterocycles. The van der Waals surface area contributed by atoms with Crippen molar-refractivity contribution in [3.8, 4) is 0 Å². The van der Waals surface area contributed by atoms with E-state index >= 15 is 0 Å². The lowest BCUT2D eigenvalue weighted by molar-refractivity contribution is -0.787. The fourth-order valence-electron chi connectivity index (χ4n) is 4.12. The Morgan fingerprint density at radius 2 is 1.78 bits per heavy atom. The molecule has 0 radical (unpaired) electrons. The quantitative estimate of drug-likeness (QED) is 0.578. The maximum atomic E-state index is 13.2. The highest BCUT2D eigenvalue weighted by atomic mass is 79.9. The van der Waals surface area contributed by atoms with Crippen LogP contribution in [0.2, 0.25) is 0 Å². The predicted octanol–water partition coefficient (Wildman–Crippen LogP) is 3.70. The van der Waals surface area contributed by atoms with Crippen molar-refractivity contribution in [3.05, 3.63) is 70.2 Å². The number of carbonyl (C=O) groups is 1. The maximum absolute atomic E-state index is 13.2. The van der Waals surface area contributed by atoms with Crippen LogP contribution in [0, 0.1) is 0 Å². The summed E-state index contributed by atoms with van der Waals surface area (Å²) in [7, 11) is 1.86. The summed E-state index contributed by atoms with van der Waals surface area (Å²) in [4.78, 5) is 13.2. The molecule has 1 aliphatic rings. The number of carbonyl (C=O) groups excluding carboxylic acids is 1. The molecule has 3 rings (SSSR count). The number of nitrogens with zero attached hydrogens (tertiary/aromatic N) is 1. The van der Waals surface area contributed by atoms with E-state index in [1.807, 2.05) is 42.5 Å². The highest BCUT2D eigenvalue weighted by Gasteiger charge is 2.29. The van der Waals surface area contributed by atoms with Gasteiger partial charge in [-0.05, 0) is 30.8 Å². The zero-order valence-corrected chi connectivity index (χ0v) is 15.4. The summed E-state index contributed by atoms with van der Waals surface area (Å²) in [5.41, 5.74) is 2.01. The van der Waals surface area contributed by atoms with Crippen LogP contribution in [-0.2, 0) is 0 Å². The number of rotatable bonds is 5. The van der Waals surface area contributed by atoms with Gasteiger partial charge in [-0.15, -0.1) is 0 Å². The van der Waals surface area contributed by atoms with Gasteiger partial charge in [0.15, 0.2) is 7.41 Å². The van der Waals surface area contributed by atoms with E-state index in [0.717, 1.165) is 14.4 Å². The van der Waals surface area contributed by atoms with Gasteiger partial charge in [-0.3, -0.25) is 4.79 Å². The molecule has 4 heteroatoms. The standard InChI is InChI=1S/C19H23BBrNO/c1-22(12-5-6-13-22)20-18(16-10-7-11-17(21)14-16)19(23)15-8-3-2-4-9-15/h2-4,7-11,14,18H,5-6,12-13,20H2,1H3/t18-/m1/s1. The van der Waals surface area contributed by atoms with Crippen molar-refractivity contribution in [3.63, 3.8) is 0 Å². The summed E-state index contributed by atoms with van der Waals surface area (Å²) < 4.78 is 2.17. The first kappa shape index (κ1) is 16.5. The Labute approximate surface area is 147 Å². The second-order valence-electron chi connectivity index (χ2n) is 7.36. The van der Waals surface area contributed by atoms with Gasteiger partial charge >= 0.3 is 0 Å². The molecule has 1 saturated heterocycles. The first-order valence-corrected chi connectivity index (χ1v) is 9.35. The summed E-state index contributed by atoms with van der Waals surface area (Å²) >= 11 is 3.56. The molecule has 120 valence electrons. The number of halogens is 1. The lowest BCUT2D eigenvalue weighted by Gasteiger charge is -2.41. The average molecular weight is 372 g/mol. The van der Waals surface area contributed by atoms with Gasteiger partial charge in [0.05, 0.1) is 0 Å². The molecule has 2 aromatic rings. The number of Topliss-reactive ketones (excluding diaryl/α,β-unsaturated/α-hetero) is 1. The van der Waals surface area contributed by atoms with Gasteiger partial charge in [-0.1, -0.05) is 64.0 Å². The molecule has 0 unspecified atom stereocenters. The van der Waals surface area contributed by atoms with Crippen molar-refractivity contribution in [2.45, 2.75) is 18.7 Å². The third-order valence-electron chi connectivity index (χ3n) is 5.46. The number of hydrogen-bond donors (Lipinski definition) is 0. The summed E-state index contributed by atoms with van der Waals surface area (Å²) in [5, 5.41) is 0. The van der Waals surface area contributed by atoms with Crippen molar-refractivity contribution >= 4 is 29.1 Å². The van der Waals surface area contributed by atoms with E-state index in [0.29, 0.717) is 0 Å². The van der Waals surface area contributed by atoms with Crippen LogP contribution in [0.4, 0.5) is 0 Å². The Hall–Kier alpha value is -1.39. The van der Waals surface area contributed by atoms with Gasteiger partial charge in [0.1, 0.15) is 5.78 Å². The van der Waals surface area contributed by atoms with E-state index in [4.69, 9.17) is 0 Å². The minimum Gasteiger partial charge on any atom is -0.522 e. The lowest BCUT2D eigenvalue weighted by Crippen LogP contribution is -2.48. The molecule has 23 heavy (non-hydrogen) atoms. The van der Waals surface area contributed by atoms with E-state index < -0.39 is 7.41 Å². The molecule has 0 bridgehead atoms. The molecule has 0 saturated carbocycles. The number of likely N-dealkylation sites (tertiary alicyclic amines) is 1. The van der Waals surface area contributed by atoms with Crippen LogP contribution in [0.15, 0.2) is 59.1 Å². The third kappa shape index (κ3) is 3.93. The van der Waals surface area contributed by atoms with Gasteiger partial charge in [-0.2, -0.15) is 0 Å². The fraction of sp³-hybridized carbons (Fsp3) is 0.316. The van der Waals surface area contributed by atoms with Crippen LogP contribution in [0.1, 0.15) is 34.6 Å². The van der Waals surface area contributed by atoms with Crippen LogP contribution in [0.5, 0.6) is 0 Å². The first-order valence-electron chi connectivity index (χ1n) is 8.56. The number of benzene rings is 2. The second-order valence-corrected chi connectivity index (χ2v) is 8.27. The van der Waals surface area contributed by atoms with Gasteiger partial charge in [0.2, 0.25) is 0 Å². The molecule has 1 atom stereocenters. The second kappa shape index (κ2) is 7.02. The van der Waals surface area contributed by atoms with Gasteiger partial charge < -0.3 is 4.39 Å².